The second-order valence-electron chi connectivity index (χ2n) is 5.92. The molecule has 1 aromatic heterocycles. The number of carbonyl (C=O) groups excluding carboxylic acids is 1. The minimum Gasteiger partial charge on any atom is -0.454 e. The van der Waals surface area contributed by atoms with Gasteiger partial charge in [-0.25, -0.2) is 4.79 Å². The third-order valence-electron chi connectivity index (χ3n) is 4.00. The van der Waals surface area contributed by atoms with Crippen molar-refractivity contribution >= 4 is 29.2 Å². The molecule has 1 heterocycles. The molecule has 10 nitrogen and oxygen atoms in total. The lowest BCUT2D eigenvalue weighted by atomic mass is 10.1. The van der Waals surface area contributed by atoms with Crippen LogP contribution in [-0.2, 0) is 17.8 Å². The molecule has 0 unspecified atom stereocenters. The van der Waals surface area contributed by atoms with Gasteiger partial charge in [-0.3, -0.25) is 10.1 Å². The van der Waals surface area contributed by atoms with Gasteiger partial charge in [-0.15, -0.1) is 0 Å². The molecule has 2 aromatic carbocycles. The molecule has 3 rings (SSSR count). The number of nitrogens with zero attached hydrogens (tertiary/aromatic N) is 4. The van der Waals surface area contributed by atoms with E-state index in [2.05, 4.69) is 20.3 Å². The number of nitrogens with two attached hydrogens (primary N) is 1. The predicted octanol–water partition coefficient (Wildman–Crippen LogP) is 3.03. The molecule has 3 N–H and O–H groups in total. The molecule has 0 saturated carbocycles. The molecule has 0 radical (unpaired) electrons. The highest BCUT2D eigenvalue weighted by molar-refractivity contribution is 5.93. The van der Waals surface area contributed by atoms with Crippen molar-refractivity contribution in [3.8, 4) is 0 Å². The Hall–Kier alpha value is -4.08. The number of ether oxygens (including phenoxy) is 1. The SMILES string of the molecule is CCc1ccccc1Nc1nc(N)nc(COC(=O)c2ccccc2[N+](=O)[O-])n1. The van der Waals surface area contributed by atoms with Crippen molar-refractivity contribution in [2.45, 2.75) is 20.0 Å². The summed E-state index contributed by atoms with van der Waals surface area (Å²) in [6, 6.07) is 13.2. The van der Waals surface area contributed by atoms with Crippen LogP contribution >= 0.6 is 0 Å². The third-order valence-corrected chi connectivity index (χ3v) is 4.00. The first-order valence-electron chi connectivity index (χ1n) is 8.73. The lowest BCUT2D eigenvalue weighted by molar-refractivity contribution is -0.385. The Balaban J connectivity index is 1.75. The monoisotopic (exact) mass is 394 g/mol. The number of nitro groups is 1. The van der Waals surface area contributed by atoms with Crippen LogP contribution in [0, 0.1) is 10.1 Å². The Morgan fingerprint density at radius 1 is 1.14 bits per heavy atom. The van der Waals surface area contributed by atoms with Gasteiger partial charge in [-0.2, -0.15) is 15.0 Å². The molecular formula is C19H18N6O4. The zero-order valence-corrected chi connectivity index (χ0v) is 15.5. The molecule has 29 heavy (non-hydrogen) atoms. The van der Waals surface area contributed by atoms with Gasteiger partial charge in [-0.1, -0.05) is 37.3 Å². The first-order chi connectivity index (χ1) is 14.0. The Bertz CT molecular complexity index is 1060. The van der Waals surface area contributed by atoms with Crippen LogP contribution < -0.4 is 11.1 Å². The second kappa shape index (κ2) is 8.74. The molecular weight excluding hydrogens is 376 g/mol. The van der Waals surface area contributed by atoms with Crippen molar-refractivity contribution in [1.29, 1.82) is 0 Å². The van der Waals surface area contributed by atoms with Crippen molar-refractivity contribution in [3.05, 3.63) is 75.6 Å². The number of para-hydroxylation sites is 2. The molecule has 0 aliphatic carbocycles. The van der Waals surface area contributed by atoms with Crippen LogP contribution in [0.25, 0.3) is 0 Å². The van der Waals surface area contributed by atoms with E-state index in [4.69, 9.17) is 10.5 Å². The highest BCUT2D eigenvalue weighted by Crippen LogP contribution is 2.21. The van der Waals surface area contributed by atoms with Gasteiger partial charge in [0.25, 0.3) is 5.69 Å². The van der Waals surface area contributed by atoms with Gasteiger partial charge in [0.1, 0.15) is 5.56 Å². The predicted molar refractivity (Wildman–Crippen MR) is 106 cm³/mol. The standard InChI is InChI=1S/C19H18N6O4/c1-2-12-7-3-5-9-14(12)21-19-23-16(22-18(20)24-19)11-29-17(26)13-8-4-6-10-15(13)25(27)28/h3-10H,2,11H2,1H3,(H3,20,21,22,23,24). The van der Waals surface area contributed by atoms with E-state index in [1.807, 2.05) is 31.2 Å². The number of aromatic nitrogens is 3. The summed E-state index contributed by atoms with van der Waals surface area (Å²) in [6.45, 7) is 1.71. The van der Waals surface area contributed by atoms with Crippen molar-refractivity contribution in [3.63, 3.8) is 0 Å². The van der Waals surface area contributed by atoms with Gasteiger partial charge in [0.05, 0.1) is 4.92 Å². The number of carbonyl (C=O) groups is 1. The van der Waals surface area contributed by atoms with E-state index in [1.54, 1.807) is 0 Å². The smallest absolute Gasteiger partial charge is 0.345 e. The first-order valence-corrected chi connectivity index (χ1v) is 8.73. The number of aryl methyl sites for hydroxylation is 1. The highest BCUT2D eigenvalue weighted by Gasteiger charge is 2.21. The molecule has 0 fully saturated rings. The average molecular weight is 394 g/mol. The topological polar surface area (TPSA) is 146 Å². The number of anilines is 3. The molecule has 148 valence electrons. The Morgan fingerprint density at radius 3 is 2.62 bits per heavy atom. The Morgan fingerprint density at radius 2 is 1.86 bits per heavy atom. The summed E-state index contributed by atoms with van der Waals surface area (Å²) in [5.41, 5.74) is 7.12. The summed E-state index contributed by atoms with van der Waals surface area (Å²) < 4.78 is 5.13. The molecule has 0 amide bonds. The van der Waals surface area contributed by atoms with Crippen LogP contribution in [0.5, 0.6) is 0 Å². The molecule has 0 aliphatic heterocycles. The fraction of sp³-hybridized carbons (Fsp3) is 0.158. The fourth-order valence-corrected chi connectivity index (χ4v) is 2.64. The minimum atomic E-state index is -0.859. The van der Waals surface area contributed by atoms with Gasteiger partial charge in [0.15, 0.2) is 12.4 Å². The van der Waals surface area contributed by atoms with E-state index < -0.39 is 10.9 Å². The molecule has 0 bridgehead atoms. The molecule has 3 aromatic rings. The summed E-state index contributed by atoms with van der Waals surface area (Å²) in [4.78, 5) is 34.8. The van der Waals surface area contributed by atoms with Gasteiger partial charge in [0.2, 0.25) is 11.9 Å². The van der Waals surface area contributed by atoms with E-state index in [1.165, 1.54) is 24.3 Å². The molecule has 10 heteroatoms. The fourth-order valence-electron chi connectivity index (χ4n) is 2.64. The quantitative estimate of drug-likeness (QED) is 0.350. The highest BCUT2D eigenvalue weighted by atomic mass is 16.6. The van der Waals surface area contributed by atoms with Crippen LogP contribution in [-0.4, -0.2) is 25.8 Å². The Kier molecular flexibility index (Phi) is 5.93. The third kappa shape index (κ3) is 4.80. The van der Waals surface area contributed by atoms with Crippen LogP contribution in [0.15, 0.2) is 48.5 Å². The average Bonchev–Trinajstić information content (AvgIpc) is 2.72. The molecule has 0 spiro atoms. The number of nitro benzene ring substituents is 1. The maximum Gasteiger partial charge on any atom is 0.345 e. The lowest BCUT2D eigenvalue weighted by Gasteiger charge is -2.11. The van der Waals surface area contributed by atoms with Crippen molar-refractivity contribution in [2.75, 3.05) is 11.1 Å². The summed E-state index contributed by atoms with van der Waals surface area (Å²) in [5.74, 6) is -0.591. The number of nitrogen functional groups attached to an aromatic ring is 1. The van der Waals surface area contributed by atoms with Crippen molar-refractivity contribution < 1.29 is 14.5 Å². The number of hydrogen-bond acceptors (Lipinski definition) is 9. The number of benzene rings is 2. The van der Waals surface area contributed by atoms with E-state index in [9.17, 15) is 14.9 Å². The zero-order chi connectivity index (χ0) is 20.8. The van der Waals surface area contributed by atoms with Crippen LogP contribution in [0.2, 0.25) is 0 Å². The minimum absolute atomic E-state index is 0.0479. The van der Waals surface area contributed by atoms with E-state index >= 15 is 0 Å². The van der Waals surface area contributed by atoms with E-state index in [-0.39, 0.29) is 35.6 Å². The number of rotatable bonds is 7. The van der Waals surface area contributed by atoms with Crippen LogP contribution in [0.1, 0.15) is 28.7 Å². The molecule has 0 aliphatic rings. The molecule has 0 saturated heterocycles. The maximum atomic E-state index is 12.2. The van der Waals surface area contributed by atoms with Gasteiger partial charge >= 0.3 is 5.97 Å². The second-order valence-corrected chi connectivity index (χ2v) is 5.92. The summed E-state index contributed by atoms with van der Waals surface area (Å²) in [6.07, 6.45) is 0.810. The van der Waals surface area contributed by atoms with Gasteiger partial charge in [-0.05, 0) is 24.1 Å². The van der Waals surface area contributed by atoms with E-state index in [0.29, 0.717) is 0 Å². The first kappa shape index (κ1) is 19.7. The lowest BCUT2D eigenvalue weighted by Crippen LogP contribution is -2.12. The van der Waals surface area contributed by atoms with Crippen LogP contribution in [0.4, 0.5) is 23.3 Å². The van der Waals surface area contributed by atoms with Crippen LogP contribution in [0.3, 0.4) is 0 Å². The summed E-state index contributed by atoms with van der Waals surface area (Å²) in [7, 11) is 0. The van der Waals surface area contributed by atoms with Gasteiger partial charge in [0, 0.05) is 11.8 Å². The van der Waals surface area contributed by atoms with Crippen molar-refractivity contribution in [2.24, 2.45) is 0 Å². The summed E-state index contributed by atoms with van der Waals surface area (Å²) in [5, 5.41) is 14.1. The Labute approximate surface area is 165 Å². The molecule has 0 atom stereocenters. The summed E-state index contributed by atoms with van der Waals surface area (Å²) >= 11 is 0. The van der Waals surface area contributed by atoms with E-state index in [0.717, 1.165) is 17.7 Å². The normalized spacial score (nSPS) is 10.4. The zero-order valence-electron chi connectivity index (χ0n) is 15.5. The maximum absolute atomic E-state index is 12.2. The number of hydrogen-bond donors (Lipinski definition) is 2. The largest absolute Gasteiger partial charge is 0.454 e. The van der Waals surface area contributed by atoms with Crippen molar-refractivity contribution in [1.82, 2.24) is 15.0 Å². The van der Waals surface area contributed by atoms with Gasteiger partial charge < -0.3 is 15.8 Å². The number of esters is 1. The number of nitrogens with one attached hydrogen (secondary N) is 1.